The van der Waals surface area contributed by atoms with Gasteiger partial charge in [0.15, 0.2) is 0 Å². The standard InChI is InChI=1S/C12H23N3O3/c1-12(2,3)14-11(18)13-10(17)8-15-6-4-5-9(16)7-15/h9,16H,4-8H2,1-3H3,(H2,13,14,17,18). The molecule has 0 aromatic heterocycles. The molecule has 1 heterocycles. The number of hydrogen-bond donors (Lipinski definition) is 3. The fourth-order valence-electron chi connectivity index (χ4n) is 1.92. The number of likely N-dealkylation sites (tertiary alicyclic amines) is 1. The number of amides is 3. The molecule has 1 unspecified atom stereocenters. The molecule has 0 bridgehead atoms. The first-order valence-electron chi connectivity index (χ1n) is 6.29. The number of carbonyl (C=O) groups is 2. The van der Waals surface area contributed by atoms with E-state index in [9.17, 15) is 14.7 Å². The summed E-state index contributed by atoms with van der Waals surface area (Å²) < 4.78 is 0. The summed E-state index contributed by atoms with van der Waals surface area (Å²) in [6.07, 6.45) is 1.29. The number of hydrogen-bond acceptors (Lipinski definition) is 4. The van der Waals surface area contributed by atoms with E-state index in [1.807, 2.05) is 25.7 Å². The maximum absolute atomic E-state index is 11.6. The van der Waals surface area contributed by atoms with Crippen LogP contribution >= 0.6 is 0 Å². The van der Waals surface area contributed by atoms with Crippen LogP contribution in [0, 0.1) is 0 Å². The number of nitrogens with zero attached hydrogens (tertiary/aromatic N) is 1. The lowest BCUT2D eigenvalue weighted by atomic mass is 10.1. The van der Waals surface area contributed by atoms with Crippen molar-refractivity contribution < 1.29 is 14.7 Å². The van der Waals surface area contributed by atoms with Crippen LogP contribution in [0.2, 0.25) is 0 Å². The van der Waals surface area contributed by atoms with Crippen molar-refractivity contribution in [1.82, 2.24) is 15.5 Å². The normalized spacial score (nSPS) is 21.4. The van der Waals surface area contributed by atoms with Gasteiger partial charge in [-0.25, -0.2) is 4.79 Å². The van der Waals surface area contributed by atoms with Gasteiger partial charge in [-0.2, -0.15) is 0 Å². The third-order valence-electron chi connectivity index (χ3n) is 2.59. The number of β-amino-alcohol motifs (C(OH)–C–C–N with tert-alkyl or cyclic N) is 1. The van der Waals surface area contributed by atoms with Gasteiger partial charge in [0, 0.05) is 12.1 Å². The molecule has 104 valence electrons. The number of urea groups is 1. The highest BCUT2D eigenvalue weighted by atomic mass is 16.3. The zero-order valence-corrected chi connectivity index (χ0v) is 11.3. The van der Waals surface area contributed by atoms with Crippen LogP contribution < -0.4 is 10.6 Å². The first-order chi connectivity index (χ1) is 8.26. The summed E-state index contributed by atoms with van der Waals surface area (Å²) in [5.41, 5.74) is -0.369. The predicted molar refractivity (Wildman–Crippen MR) is 68.1 cm³/mol. The summed E-state index contributed by atoms with van der Waals surface area (Å²) in [5.74, 6) is -0.342. The molecule has 0 saturated carbocycles. The smallest absolute Gasteiger partial charge is 0.321 e. The minimum atomic E-state index is -0.481. The van der Waals surface area contributed by atoms with E-state index in [0.717, 1.165) is 19.4 Å². The highest BCUT2D eigenvalue weighted by Crippen LogP contribution is 2.08. The molecule has 0 spiro atoms. The average Bonchev–Trinajstić information content (AvgIpc) is 2.13. The Hall–Kier alpha value is -1.14. The third-order valence-corrected chi connectivity index (χ3v) is 2.59. The van der Waals surface area contributed by atoms with E-state index in [1.165, 1.54) is 0 Å². The molecule has 1 fully saturated rings. The molecular weight excluding hydrogens is 234 g/mol. The molecule has 0 aromatic rings. The van der Waals surface area contributed by atoms with Crippen molar-refractivity contribution in [3.05, 3.63) is 0 Å². The van der Waals surface area contributed by atoms with Crippen LogP contribution in [0.5, 0.6) is 0 Å². The Morgan fingerprint density at radius 1 is 1.39 bits per heavy atom. The second-order valence-corrected chi connectivity index (χ2v) is 5.78. The van der Waals surface area contributed by atoms with Crippen LogP contribution in [0.3, 0.4) is 0 Å². The van der Waals surface area contributed by atoms with Gasteiger partial charge in [-0.3, -0.25) is 15.0 Å². The van der Waals surface area contributed by atoms with E-state index in [2.05, 4.69) is 10.6 Å². The zero-order chi connectivity index (χ0) is 13.8. The molecular formula is C12H23N3O3. The SMILES string of the molecule is CC(C)(C)NC(=O)NC(=O)CN1CCCC(O)C1. The Morgan fingerprint density at radius 2 is 2.06 bits per heavy atom. The molecule has 1 aliphatic heterocycles. The number of carbonyl (C=O) groups excluding carboxylic acids is 2. The van der Waals surface area contributed by atoms with Gasteiger partial charge in [0.05, 0.1) is 12.6 Å². The van der Waals surface area contributed by atoms with Gasteiger partial charge in [0.25, 0.3) is 0 Å². The maximum atomic E-state index is 11.6. The lowest BCUT2D eigenvalue weighted by molar-refractivity contribution is -0.121. The number of nitrogens with one attached hydrogen (secondary N) is 2. The van der Waals surface area contributed by atoms with Crippen LogP contribution in [0.15, 0.2) is 0 Å². The average molecular weight is 257 g/mol. The second kappa shape index (κ2) is 6.15. The molecule has 6 heteroatoms. The number of aliphatic hydroxyl groups excluding tert-OH is 1. The number of rotatable bonds is 2. The Kier molecular flexibility index (Phi) is 5.10. The molecule has 1 aliphatic rings. The lowest BCUT2D eigenvalue weighted by Gasteiger charge is -2.29. The topological polar surface area (TPSA) is 81.7 Å². The Morgan fingerprint density at radius 3 is 2.61 bits per heavy atom. The predicted octanol–water partition coefficient (Wildman–Crippen LogP) is 0.0674. The number of imide groups is 1. The molecule has 18 heavy (non-hydrogen) atoms. The first-order valence-corrected chi connectivity index (χ1v) is 6.29. The van der Waals surface area contributed by atoms with Crippen LogP contribution in [0.25, 0.3) is 0 Å². The van der Waals surface area contributed by atoms with Crippen molar-refractivity contribution in [3.63, 3.8) is 0 Å². The van der Waals surface area contributed by atoms with E-state index in [4.69, 9.17) is 0 Å². The van der Waals surface area contributed by atoms with E-state index < -0.39 is 6.03 Å². The summed E-state index contributed by atoms with van der Waals surface area (Å²) in [7, 11) is 0. The first kappa shape index (κ1) is 14.9. The summed E-state index contributed by atoms with van der Waals surface area (Å²) >= 11 is 0. The monoisotopic (exact) mass is 257 g/mol. The highest BCUT2D eigenvalue weighted by molar-refractivity contribution is 5.95. The van der Waals surface area contributed by atoms with Crippen molar-refractivity contribution >= 4 is 11.9 Å². The van der Waals surface area contributed by atoms with Gasteiger partial charge in [0.1, 0.15) is 0 Å². The van der Waals surface area contributed by atoms with Crippen LogP contribution in [0.4, 0.5) is 4.79 Å². The Labute approximate surface area is 108 Å². The molecule has 3 amide bonds. The van der Waals surface area contributed by atoms with Gasteiger partial charge in [-0.1, -0.05) is 0 Å². The van der Waals surface area contributed by atoms with Crippen molar-refractivity contribution in [3.8, 4) is 0 Å². The van der Waals surface area contributed by atoms with E-state index in [0.29, 0.717) is 6.54 Å². The lowest BCUT2D eigenvalue weighted by Crippen LogP contribution is -2.51. The molecule has 3 N–H and O–H groups in total. The molecule has 1 rings (SSSR count). The van der Waals surface area contributed by atoms with Gasteiger partial charge in [0.2, 0.25) is 5.91 Å². The van der Waals surface area contributed by atoms with Gasteiger partial charge < -0.3 is 10.4 Å². The van der Waals surface area contributed by atoms with Crippen LogP contribution in [-0.4, -0.2) is 53.2 Å². The maximum Gasteiger partial charge on any atom is 0.321 e. The quantitative estimate of drug-likeness (QED) is 0.654. The molecule has 0 aromatic carbocycles. The highest BCUT2D eigenvalue weighted by Gasteiger charge is 2.21. The molecule has 0 radical (unpaired) electrons. The largest absolute Gasteiger partial charge is 0.392 e. The molecule has 0 aliphatic carbocycles. The van der Waals surface area contributed by atoms with E-state index >= 15 is 0 Å². The Bertz CT molecular complexity index is 312. The second-order valence-electron chi connectivity index (χ2n) is 5.78. The van der Waals surface area contributed by atoms with Crippen LogP contribution in [-0.2, 0) is 4.79 Å². The zero-order valence-electron chi connectivity index (χ0n) is 11.3. The Balaban J connectivity index is 2.30. The number of aliphatic hydroxyl groups is 1. The van der Waals surface area contributed by atoms with Crippen molar-refractivity contribution in [2.75, 3.05) is 19.6 Å². The fourth-order valence-corrected chi connectivity index (χ4v) is 1.92. The third kappa shape index (κ3) is 5.97. The number of piperidine rings is 1. The van der Waals surface area contributed by atoms with E-state index in [-0.39, 0.29) is 24.1 Å². The fraction of sp³-hybridized carbons (Fsp3) is 0.833. The summed E-state index contributed by atoms with van der Waals surface area (Å²) in [6.45, 7) is 6.96. The molecule has 6 nitrogen and oxygen atoms in total. The summed E-state index contributed by atoms with van der Waals surface area (Å²) in [4.78, 5) is 24.9. The van der Waals surface area contributed by atoms with Crippen molar-refractivity contribution in [2.45, 2.75) is 45.3 Å². The minimum absolute atomic E-state index is 0.147. The van der Waals surface area contributed by atoms with Gasteiger partial charge >= 0.3 is 6.03 Å². The minimum Gasteiger partial charge on any atom is -0.392 e. The van der Waals surface area contributed by atoms with Gasteiger partial charge in [-0.05, 0) is 40.2 Å². The van der Waals surface area contributed by atoms with Gasteiger partial charge in [-0.15, -0.1) is 0 Å². The van der Waals surface area contributed by atoms with Crippen molar-refractivity contribution in [2.24, 2.45) is 0 Å². The van der Waals surface area contributed by atoms with Crippen molar-refractivity contribution in [1.29, 1.82) is 0 Å². The summed E-state index contributed by atoms with van der Waals surface area (Å²) in [6, 6.07) is -0.481. The molecule has 1 atom stereocenters. The van der Waals surface area contributed by atoms with Crippen LogP contribution in [0.1, 0.15) is 33.6 Å². The summed E-state index contributed by atoms with van der Waals surface area (Å²) in [5, 5.41) is 14.4. The molecule has 1 saturated heterocycles. The van der Waals surface area contributed by atoms with E-state index in [1.54, 1.807) is 0 Å².